The Hall–Kier alpha value is -0.930. The molecule has 3 nitrogen and oxygen atoms in total. The van der Waals surface area contributed by atoms with Crippen molar-refractivity contribution >= 4 is 0 Å². The number of rotatable bonds is 6. The van der Waals surface area contributed by atoms with Crippen LogP contribution in [0.3, 0.4) is 0 Å². The maximum Gasteiger partial charge on any atom is 0.0270 e. The van der Waals surface area contributed by atoms with E-state index in [9.17, 15) is 0 Å². The molecule has 118 valence electrons. The number of hydrogen-bond donors (Lipinski definition) is 1. The predicted molar refractivity (Wildman–Crippen MR) is 89.4 cm³/mol. The summed E-state index contributed by atoms with van der Waals surface area (Å²) in [6, 6.07) is 5.58. The fourth-order valence-electron chi connectivity index (χ4n) is 3.26. The lowest BCUT2D eigenvalue weighted by Crippen LogP contribution is -2.60. The van der Waals surface area contributed by atoms with E-state index in [0.717, 1.165) is 25.4 Å². The van der Waals surface area contributed by atoms with Crippen LogP contribution in [-0.2, 0) is 6.42 Å². The topological polar surface area (TPSA) is 28.2 Å². The van der Waals surface area contributed by atoms with Gasteiger partial charge in [-0.2, -0.15) is 0 Å². The molecule has 1 aliphatic rings. The smallest absolute Gasteiger partial charge is 0.0270 e. The molecule has 0 bridgehead atoms. The van der Waals surface area contributed by atoms with Crippen molar-refractivity contribution in [2.75, 3.05) is 19.6 Å². The summed E-state index contributed by atoms with van der Waals surface area (Å²) >= 11 is 0. The molecule has 1 aromatic heterocycles. The van der Waals surface area contributed by atoms with Gasteiger partial charge >= 0.3 is 0 Å². The Labute approximate surface area is 130 Å². The van der Waals surface area contributed by atoms with Crippen LogP contribution in [0.5, 0.6) is 0 Å². The van der Waals surface area contributed by atoms with Crippen molar-refractivity contribution in [3.8, 4) is 0 Å². The highest BCUT2D eigenvalue weighted by atomic mass is 15.2. The van der Waals surface area contributed by atoms with E-state index in [1.807, 2.05) is 12.4 Å². The number of hydrogen-bond acceptors (Lipinski definition) is 3. The standard InChI is InChI=1S/C18H31N3/c1-5-15(4)17-13-21(18(12-20-17)14(2)3)11-8-16-6-9-19-10-7-16/h6-7,9-10,14-15,17-18,20H,5,8,11-13H2,1-4H3. The highest BCUT2D eigenvalue weighted by Gasteiger charge is 2.31. The second-order valence-electron chi connectivity index (χ2n) is 6.81. The highest BCUT2D eigenvalue weighted by Crippen LogP contribution is 2.20. The van der Waals surface area contributed by atoms with Crippen LogP contribution in [0.1, 0.15) is 39.7 Å². The van der Waals surface area contributed by atoms with Crippen LogP contribution in [0.2, 0.25) is 0 Å². The van der Waals surface area contributed by atoms with E-state index >= 15 is 0 Å². The molecule has 3 heteroatoms. The van der Waals surface area contributed by atoms with Crippen LogP contribution < -0.4 is 5.32 Å². The minimum atomic E-state index is 0.641. The molecule has 0 radical (unpaired) electrons. The molecule has 1 aromatic rings. The monoisotopic (exact) mass is 289 g/mol. The molecule has 1 fully saturated rings. The summed E-state index contributed by atoms with van der Waals surface area (Å²) in [5.74, 6) is 1.45. The molecule has 0 aromatic carbocycles. The molecule has 3 unspecified atom stereocenters. The molecule has 0 spiro atoms. The third-order valence-electron chi connectivity index (χ3n) is 5.03. The van der Waals surface area contributed by atoms with Gasteiger partial charge < -0.3 is 5.32 Å². The molecule has 21 heavy (non-hydrogen) atoms. The fraction of sp³-hybridized carbons (Fsp3) is 0.722. The van der Waals surface area contributed by atoms with Gasteiger partial charge in [-0.25, -0.2) is 0 Å². The summed E-state index contributed by atoms with van der Waals surface area (Å²) in [6.07, 6.45) is 6.17. The molecule has 2 rings (SSSR count). The summed E-state index contributed by atoms with van der Waals surface area (Å²) in [7, 11) is 0. The molecule has 0 saturated carbocycles. The van der Waals surface area contributed by atoms with Crippen LogP contribution in [0.4, 0.5) is 0 Å². The number of nitrogens with one attached hydrogen (secondary N) is 1. The highest BCUT2D eigenvalue weighted by molar-refractivity contribution is 5.10. The van der Waals surface area contributed by atoms with Crippen LogP contribution in [0, 0.1) is 11.8 Å². The number of piperazine rings is 1. The number of nitrogens with zero attached hydrogens (tertiary/aromatic N) is 2. The third kappa shape index (κ3) is 4.52. The van der Waals surface area contributed by atoms with Gasteiger partial charge in [-0.05, 0) is 36.0 Å². The van der Waals surface area contributed by atoms with Gasteiger partial charge in [-0.3, -0.25) is 9.88 Å². The van der Waals surface area contributed by atoms with Crippen molar-refractivity contribution < 1.29 is 0 Å². The van der Waals surface area contributed by atoms with E-state index in [0.29, 0.717) is 18.0 Å². The second-order valence-corrected chi connectivity index (χ2v) is 6.81. The zero-order valence-corrected chi connectivity index (χ0v) is 14.0. The van der Waals surface area contributed by atoms with E-state index in [1.54, 1.807) is 0 Å². The van der Waals surface area contributed by atoms with Crippen LogP contribution >= 0.6 is 0 Å². The lowest BCUT2D eigenvalue weighted by Gasteiger charge is -2.44. The van der Waals surface area contributed by atoms with Crippen LogP contribution in [0.25, 0.3) is 0 Å². The SMILES string of the molecule is CCC(C)C1CN(CCc2ccncc2)C(C(C)C)CN1. The molecule has 1 N–H and O–H groups in total. The Morgan fingerprint density at radius 3 is 2.62 bits per heavy atom. The molecule has 0 amide bonds. The predicted octanol–water partition coefficient (Wildman–Crippen LogP) is 2.97. The summed E-state index contributed by atoms with van der Waals surface area (Å²) in [4.78, 5) is 6.81. The van der Waals surface area contributed by atoms with Gasteiger partial charge in [-0.15, -0.1) is 0 Å². The number of pyridine rings is 1. The van der Waals surface area contributed by atoms with Crippen molar-refractivity contribution in [1.82, 2.24) is 15.2 Å². The Balaban J connectivity index is 1.97. The molecular formula is C18H31N3. The van der Waals surface area contributed by atoms with Gasteiger partial charge in [0, 0.05) is 44.1 Å². The van der Waals surface area contributed by atoms with E-state index in [4.69, 9.17) is 0 Å². The van der Waals surface area contributed by atoms with Crippen molar-refractivity contribution in [1.29, 1.82) is 0 Å². The molecular weight excluding hydrogens is 258 g/mol. The Morgan fingerprint density at radius 1 is 1.29 bits per heavy atom. The lowest BCUT2D eigenvalue weighted by atomic mass is 9.92. The first kappa shape index (κ1) is 16.4. The molecule has 0 aliphatic carbocycles. The van der Waals surface area contributed by atoms with Crippen LogP contribution in [-0.4, -0.2) is 41.6 Å². The van der Waals surface area contributed by atoms with Gasteiger partial charge in [0.1, 0.15) is 0 Å². The normalized spacial score (nSPS) is 25.2. The fourth-order valence-corrected chi connectivity index (χ4v) is 3.26. The number of aromatic nitrogens is 1. The largest absolute Gasteiger partial charge is 0.311 e. The Bertz CT molecular complexity index is 404. The zero-order valence-electron chi connectivity index (χ0n) is 14.0. The van der Waals surface area contributed by atoms with Gasteiger partial charge in [0.2, 0.25) is 0 Å². The van der Waals surface area contributed by atoms with Gasteiger partial charge in [0.15, 0.2) is 0 Å². The lowest BCUT2D eigenvalue weighted by molar-refractivity contribution is 0.0831. The molecule has 2 heterocycles. The van der Waals surface area contributed by atoms with E-state index in [2.05, 4.69) is 55.0 Å². The van der Waals surface area contributed by atoms with Crippen molar-refractivity contribution in [3.05, 3.63) is 30.1 Å². The van der Waals surface area contributed by atoms with Crippen molar-refractivity contribution in [3.63, 3.8) is 0 Å². The van der Waals surface area contributed by atoms with Crippen molar-refractivity contribution in [2.45, 2.75) is 52.6 Å². The van der Waals surface area contributed by atoms with Gasteiger partial charge in [0.25, 0.3) is 0 Å². The first-order valence-corrected chi connectivity index (χ1v) is 8.48. The summed E-state index contributed by atoms with van der Waals surface area (Å²) in [5.41, 5.74) is 1.39. The summed E-state index contributed by atoms with van der Waals surface area (Å²) in [6.45, 7) is 12.8. The first-order valence-electron chi connectivity index (χ1n) is 8.48. The summed E-state index contributed by atoms with van der Waals surface area (Å²) in [5, 5.41) is 3.78. The Kier molecular flexibility index (Phi) is 6.19. The average Bonchev–Trinajstić information content (AvgIpc) is 2.52. The maximum absolute atomic E-state index is 4.11. The van der Waals surface area contributed by atoms with Crippen LogP contribution in [0.15, 0.2) is 24.5 Å². The van der Waals surface area contributed by atoms with Crippen molar-refractivity contribution in [2.24, 2.45) is 11.8 Å². The quantitative estimate of drug-likeness (QED) is 0.872. The zero-order chi connectivity index (χ0) is 15.2. The summed E-state index contributed by atoms with van der Waals surface area (Å²) < 4.78 is 0. The second kappa shape index (κ2) is 7.90. The minimum Gasteiger partial charge on any atom is -0.311 e. The van der Waals surface area contributed by atoms with Gasteiger partial charge in [0.05, 0.1) is 0 Å². The minimum absolute atomic E-state index is 0.641. The molecule has 1 saturated heterocycles. The van der Waals surface area contributed by atoms with Gasteiger partial charge in [-0.1, -0.05) is 34.1 Å². The van der Waals surface area contributed by atoms with E-state index in [-0.39, 0.29) is 0 Å². The van der Waals surface area contributed by atoms with E-state index in [1.165, 1.54) is 18.5 Å². The van der Waals surface area contributed by atoms with E-state index < -0.39 is 0 Å². The Morgan fingerprint density at radius 2 is 2.00 bits per heavy atom. The average molecular weight is 289 g/mol. The molecule has 1 aliphatic heterocycles. The third-order valence-corrected chi connectivity index (χ3v) is 5.03. The first-order chi connectivity index (χ1) is 10.1. The molecule has 3 atom stereocenters. The maximum atomic E-state index is 4.11.